The molecule has 0 saturated heterocycles. The summed E-state index contributed by atoms with van der Waals surface area (Å²) in [5.74, 6) is 0.297. The van der Waals surface area contributed by atoms with Crippen molar-refractivity contribution in [3.8, 4) is 0 Å². The maximum Gasteiger partial charge on any atom is 0.221 e. The number of hydrogen-bond acceptors (Lipinski definition) is 8. The molecule has 12 nitrogen and oxygen atoms in total. The zero-order valence-electron chi connectivity index (χ0n) is 45.3. The van der Waals surface area contributed by atoms with Crippen molar-refractivity contribution in [3.63, 3.8) is 0 Å². The molecule has 0 fully saturated rings. The average molecular weight is 950 g/mol. The Hall–Kier alpha value is -2.28. The van der Waals surface area contributed by atoms with E-state index in [2.05, 4.69) is 83.2 Å². The quantitative estimate of drug-likeness (QED) is 0.0331. The van der Waals surface area contributed by atoms with E-state index >= 15 is 0 Å². The van der Waals surface area contributed by atoms with E-state index in [-0.39, 0.29) is 41.8 Å². The Labute approximate surface area is 414 Å². The van der Waals surface area contributed by atoms with Gasteiger partial charge in [-0.1, -0.05) is 175 Å². The molecule has 0 saturated carbocycles. The molecule has 0 aromatic rings. The minimum Gasteiger partial charge on any atom is -0.359 e. The summed E-state index contributed by atoms with van der Waals surface area (Å²) in [5, 5.41) is 19.3. The van der Waals surface area contributed by atoms with Gasteiger partial charge in [-0.3, -0.25) is 19.2 Å². The molecule has 3 atom stereocenters. The monoisotopic (exact) mass is 949 g/mol. The van der Waals surface area contributed by atoms with Crippen LogP contribution in [-0.4, -0.2) is 124 Å². The van der Waals surface area contributed by atoms with E-state index in [1.54, 1.807) is 7.05 Å². The van der Waals surface area contributed by atoms with E-state index in [9.17, 15) is 19.2 Å². The van der Waals surface area contributed by atoms with Gasteiger partial charge in [0.25, 0.3) is 0 Å². The summed E-state index contributed by atoms with van der Waals surface area (Å²) in [6, 6.07) is 0.558. The summed E-state index contributed by atoms with van der Waals surface area (Å²) >= 11 is 0. The second-order valence-electron chi connectivity index (χ2n) is 20.1. The first-order valence-corrected chi connectivity index (χ1v) is 28.5. The normalized spacial score (nSPS) is 12.9. The van der Waals surface area contributed by atoms with Crippen LogP contribution in [0.2, 0.25) is 0 Å². The first-order chi connectivity index (χ1) is 32.5. The molecule has 3 unspecified atom stereocenters. The average Bonchev–Trinajstić information content (AvgIpc) is 3.30. The molecule has 0 aromatic carbocycles. The molecule has 0 bridgehead atoms. The number of carbonyl (C=O) groups is 4. The van der Waals surface area contributed by atoms with Gasteiger partial charge < -0.3 is 41.7 Å². The third-order valence-corrected chi connectivity index (χ3v) is 13.3. The van der Waals surface area contributed by atoms with Crippen molar-refractivity contribution in [2.75, 3.05) is 72.5 Å². The lowest BCUT2D eigenvalue weighted by Crippen LogP contribution is -2.43. The van der Waals surface area contributed by atoms with E-state index in [1.165, 1.54) is 135 Å². The predicted octanol–water partition coefficient (Wildman–Crippen LogP) is 10.2. The molecule has 0 spiro atoms. The Morgan fingerprint density at radius 3 is 0.940 bits per heavy atom. The first kappa shape index (κ1) is 64.7. The molecule has 396 valence electrons. The van der Waals surface area contributed by atoms with Crippen molar-refractivity contribution in [1.29, 1.82) is 0 Å². The molecule has 0 aliphatic carbocycles. The van der Waals surface area contributed by atoms with Crippen molar-refractivity contribution in [2.24, 2.45) is 0 Å². The first-order valence-electron chi connectivity index (χ1n) is 28.5. The highest BCUT2D eigenvalue weighted by molar-refractivity contribution is 5.77. The van der Waals surface area contributed by atoms with Crippen molar-refractivity contribution in [3.05, 3.63) is 0 Å². The summed E-state index contributed by atoms with van der Waals surface area (Å²) < 4.78 is 0. The standard InChI is InChI=1S/C55H112N8O4/c1-8-11-14-17-20-23-26-29-32-49(4)59-53(65)35-39-57-41-45-62(43-37-52(64)56-7)47-48-63(44-38-55(67)61-51(6)34-31-28-25-22-19-16-13-10-3)46-42-58-40-36-54(66)60-50(5)33-30-27-24-21-18-15-12-9-2/h49-51,57-58H,8-48H2,1-7H3,(H,56,64)(H,59,65)(H,60,66)(H,61,67). The van der Waals surface area contributed by atoms with Gasteiger partial charge in [0.2, 0.25) is 23.6 Å². The lowest BCUT2D eigenvalue weighted by atomic mass is 10.1. The largest absolute Gasteiger partial charge is 0.359 e. The van der Waals surface area contributed by atoms with Gasteiger partial charge in [0.1, 0.15) is 0 Å². The molecule has 4 amide bonds. The maximum atomic E-state index is 13.2. The number of nitrogens with zero attached hydrogens (tertiary/aromatic N) is 2. The lowest BCUT2D eigenvalue weighted by molar-refractivity contribution is -0.122. The Balaban J connectivity index is 5.01. The number of carbonyl (C=O) groups excluding carboxylic acids is 4. The highest BCUT2D eigenvalue weighted by atomic mass is 16.2. The highest BCUT2D eigenvalue weighted by Gasteiger charge is 2.15. The van der Waals surface area contributed by atoms with Crippen molar-refractivity contribution < 1.29 is 19.2 Å². The minimum absolute atomic E-state index is 0.0149. The fourth-order valence-corrected chi connectivity index (χ4v) is 8.74. The number of amides is 4. The van der Waals surface area contributed by atoms with Crippen LogP contribution in [0.3, 0.4) is 0 Å². The van der Waals surface area contributed by atoms with Crippen molar-refractivity contribution >= 4 is 23.6 Å². The maximum absolute atomic E-state index is 13.2. The summed E-state index contributed by atoms with van der Waals surface area (Å²) in [6.07, 6.45) is 35.8. The van der Waals surface area contributed by atoms with Gasteiger partial charge in [0.05, 0.1) is 0 Å². The molecule has 0 rings (SSSR count). The topological polar surface area (TPSA) is 147 Å². The fraction of sp³-hybridized carbons (Fsp3) is 0.927. The van der Waals surface area contributed by atoms with E-state index in [1.807, 2.05) is 0 Å². The molecule has 0 aliphatic rings. The van der Waals surface area contributed by atoms with Crippen LogP contribution >= 0.6 is 0 Å². The zero-order valence-corrected chi connectivity index (χ0v) is 45.3. The van der Waals surface area contributed by atoms with Crippen LogP contribution in [0.5, 0.6) is 0 Å². The van der Waals surface area contributed by atoms with Crippen LogP contribution in [-0.2, 0) is 19.2 Å². The summed E-state index contributed by atoms with van der Waals surface area (Å²) in [4.78, 5) is 55.5. The number of nitrogens with one attached hydrogen (secondary N) is 6. The van der Waals surface area contributed by atoms with E-state index < -0.39 is 0 Å². The van der Waals surface area contributed by atoms with Crippen LogP contribution in [0.25, 0.3) is 0 Å². The van der Waals surface area contributed by atoms with Crippen LogP contribution < -0.4 is 31.9 Å². The molecule has 12 heteroatoms. The molecule has 0 aromatic heterocycles. The van der Waals surface area contributed by atoms with E-state index in [0.717, 1.165) is 77.8 Å². The Morgan fingerprint density at radius 1 is 0.343 bits per heavy atom. The van der Waals surface area contributed by atoms with Gasteiger partial charge in [0, 0.05) is 116 Å². The second-order valence-corrected chi connectivity index (χ2v) is 20.1. The minimum atomic E-state index is 0.0149. The van der Waals surface area contributed by atoms with Gasteiger partial charge in [-0.05, 0) is 40.0 Å². The molecular formula is C55H112N8O4. The number of hydrogen-bond donors (Lipinski definition) is 6. The van der Waals surface area contributed by atoms with Crippen molar-refractivity contribution in [2.45, 2.75) is 259 Å². The third-order valence-electron chi connectivity index (χ3n) is 13.3. The molecule has 6 N–H and O–H groups in total. The van der Waals surface area contributed by atoms with Gasteiger partial charge in [-0.25, -0.2) is 0 Å². The Morgan fingerprint density at radius 2 is 0.627 bits per heavy atom. The highest BCUT2D eigenvalue weighted by Crippen LogP contribution is 2.13. The molecule has 0 heterocycles. The molecule has 0 aliphatic heterocycles. The fourth-order valence-electron chi connectivity index (χ4n) is 8.74. The van der Waals surface area contributed by atoms with Crippen LogP contribution in [0.15, 0.2) is 0 Å². The van der Waals surface area contributed by atoms with Gasteiger partial charge in [0.15, 0.2) is 0 Å². The number of unbranched alkanes of at least 4 members (excludes halogenated alkanes) is 21. The summed E-state index contributed by atoms with van der Waals surface area (Å²) in [5.41, 5.74) is 0. The SMILES string of the molecule is CCCCCCCCCCC(C)NC(=O)CCNCCN(CCC(=O)NC)CCN(CCNCCC(=O)NC(C)CCCCCCCCCC)CCC(=O)NC(C)CCCCCCCCCC. The predicted molar refractivity (Wildman–Crippen MR) is 286 cm³/mol. The Kier molecular flexibility index (Phi) is 47.1. The Bertz CT molecular complexity index is 1150. The van der Waals surface area contributed by atoms with Crippen LogP contribution in [0.4, 0.5) is 0 Å². The van der Waals surface area contributed by atoms with Crippen LogP contribution in [0.1, 0.15) is 241 Å². The van der Waals surface area contributed by atoms with Crippen molar-refractivity contribution in [1.82, 2.24) is 41.7 Å². The second kappa shape index (κ2) is 48.7. The smallest absolute Gasteiger partial charge is 0.221 e. The van der Waals surface area contributed by atoms with Gasteiger partial charge >= 0.3 is 0 Å². The number of rotatable bonds is 51. The molecule has 0 radical (unpaired) electrons. The van der Waals surface area contributed by atoms with Gasteiger partial charge in [-0.2, -0.15) is 0 Å². The molecule has 67 heavy (non-hydrogen) atoms. The van der Waals surface area contributed by atoms with Crippen LogP contribution in [0, 0.1) is 0 Å². The summed E-state index contributed by atoms with van der Waals surface area (Å²) in [7, 11) is 1.67. The molecular weight excluding hydrogens is 837 g/mol. The lowest BCUT2D eigenvalue weighted by Gasteiger charge is -2.28. The van der Waals surface area contributed by atoms with E-state index in [4.69, 9.17) is 0 Å². The summed E-state index contributed by atoms with van der Waals surface area (Å²) in [6.45, 7) is 20.1. The third kappa shape index (κ3) is 45.9. The van der Waals surface area contributed by atoms with Gasteiger partial charge in [-0.15, -0.1) is 0 Å². The zero-order chi connectivity index (χ0) is 49.4. The van der Waals surface area contributed by atoms with E-state index in [0.29, 0.717) is 51.9 Å².